The summed E-state index contributed by atoms with van der Waals surface area (Å²) in [5.41, 5.74) is 6.33. The molecule has 124 valence electrons. The number of nitrogens with zero attached hydrogens (tertiary/aromatic N) is 2. The van der Waals surface area contributed by atoms with E-state index in [1.54, 1.807) is 16.4 Å². The van der Waals surface area contributed by atoms with Crippen molar-refractivity contribution in [3.05, 3.63) is 40.2 Å². The summed E-state index contributed by atoms with van der Waals surface area (Å²) in [4.78, 5) is 13.7. The second-order valence-corrected chi connectivity index (χ2v) is 7.50. The highest BCUT2D eigenvalue weighted by molar-refractivity contribution is 8.00. The molecule has 0 aliphatic heterocycles. The van der Waals surface area contributed by atoms with Crippen LogP contribution in [0.15, 0.2) is 17.0 Å². The molecule has 1 atom stereocenters. The quantitative estimate of drug-likeness (QED) is 0.859. The van der Waals surface area contributed by atoms with E-state index in [2.05, 4.69) is 43.3 Å². The van der Waals surface area contributed by atoms with Crippen molar-refractivity contribution in [3.8, 4) is 0 Å². The number of aromatic nitrogens is 2. The van der Waals surface area contributed by atoms with Gasteiger partial charge < -0.3 is 5.32 Å². The minimum absolute atomic E-state index is 0.00794. The number of rotatable bonds is 4. The number of amides is 1. The highest BCUT2D eigenvalue weighted by Crippen LogP contribution is 2.31. The standard InChI is InChI=1S/C18H25N3OS/c1-10-8-11(2)17(12(3)9-10)23-15(6)18(22)19-16-13(4)20-21(7)14(16)5/h8-9,15H,1-7H3,(H,19,22)/t15-/m1/s1. The molecule has 1 aromatic carbocycles. The molecule has 23 heavy (non-hydrogen) atoms. The Kier molecular flexibility index (Phi) is 5.19. The Labute approximate surface area is 142 Å². The zero-order valence-corrected chi connectivity index (χ0v) is 15.8. The van der Waals surface area contributed by atoms with Crippen molar-refractivity contribution >= 4 is 23.4 Å². The summed E-state index contributed by atoms with van der Waals surface area (Å²) < 4.78 is 1.79. The van der Waals surface area contributed by atoms with Gasteiger partial charge in [-0.3, -0.25) is 9.48 Å². The van der Waals surface area contributed by atoms with E-state index in [9.17, 15) is 4.79 Å². The van der Waals surface area contributed by atoms with E-state index in [0.29, 0.717) is 0 Å². The fourth-order valence-corrected chi connectivity index (χ4v) is 3.77. The zero-order valence-electron chi connectivity index (χ0n) is 14.9. The highest BCUT2D eigenvalue weighted by atomic mass is 32.2. The van der Waals surface area contributed by atoms with Gasteiger partial charge in [0.25, 0.3) is 0 Å². The number of thioether (sulfide) groups is 1. The van der Waals surface area contributed by atoms with E-state index < -0.39 is 0 Å². The summed E-state index contributed by atoms with van der Waals surface area (Å²) in [7, 11) is 1.88. The third-order valence-electron chi connectivity index (χ3n) is 4.03. The Bertz CT molecular complexity index is 726. The van der Waals surface area contributed by atoms with Crippen LogP contribution in [0.3, 0.4) is 0 Å². The van der Waals surface area contributed by atoms with Crippen molar-refractivity contribution in [1.29, 1.82) is 0 Å². The molecule has 0 aliphatic rings. The zero-order chi connectivity index (χ0) is 17.3. The largest absolute Gasteiger partial charge is 0.322 e. The van der Waals surface area contributed by atoms with Gasteiger partial charge in [-0.25, -0.2) is 0 Å². The molecule has 1 aromatic heterocycles. The van der Waals surface area contributed by atoms with Crippen LogP contribution in [-0.2, 0) is 11.8 Å². The van der Waals surface area contributed by atoms with Gasteiger partial charge in [-0.2, -0.15) is 5.10 Å². The lowest BCUT2D eigenvalue weighted by atomic mass is 10.1. The van der Waals surface area contributed by atoms with Gasteiger partial charge in [0.2, 0.25) is 5.91 Å². The van der Waals surface area contributed by atoms with E-state index in [0.717, 1.165) is 17.1 Å². The third-order valence-corrected chi connectivity index (χ3v) is 5.47. The maximum atomic E-state index is 12.6. The van der Waals surface area contributed by atoms with Crippen LogP contribution >= 0.6 is 11.8 Å². The summed E-state index contributed by atoms with van der Waals surface area (Å²) >= 11 is 1.61. The van der Waals surface area contributed by atoms with Gasteiger partial charge in [-0.05, 0) is 52.7 Å². The van der Waals surface area contributed by atoms with E-state index in [4.69, 9.17) is 0 Å². The first kappa shape index (κ1) is 17.6. The van der Waals surface area contributed by atoms with Gasteiger partial charge in [0.05, 0.1) is 22.3 Å². The number of hydrogen-bond donors (Lipinski definition) is 1. The van der Waals surface area contributed by atoms with Crippen LogP contribution in [0.2, 0.25) is 0 Å². The van der Waals surface area contributed by atoms with E-state index in [1.165, 1.54) is 21.6 Å². The monoisotopic (exact) mass is 331 g/mol. The Balaban J connectivity index is 2.15. The van der Waals surface area contributed by atoms with Crippen molar-refractivity contribution in [2.45, 2.75) is 51.7 Å². The number of nitrogens with one attached hydrogen (secondary N) is 1. The van der Waals surface area contributed by atoms with E-state index in [-0.39, 0.29) is 11.2 Å². The van der Waals surface area contributed by atoms with Crippen molar-refractivity contribution in [1.82, 2.24) is 9.78 Å². The lowest BCUT2D eigenvalue weighted by Gasteiger charge is -2.16. The fraction of sp³-hybridized carbons (Fsp3) is 0.444. The number of aryl methyl sites for hydroxylation is 5. The third kappa shape index (κ3) is 3.78. The van der Waals surface area contributed by atoms with Crippen LogP contribution in [0, 0.1) is 34.6 Å². The lowest BCUT2D eigenvalue weighted by molar-refractivity contribution is -0.115. The molecule has 0 unspecified atom stereocenters. The Morgan fingerprint density at radius 2 is 1.74 bits per heavy atom. The van der Waals surface area contributed by atoms with Crippen molar-refractivity contribution < 1.29 is 4.79 Å². The second kappa shape index (κ2) is 6.79. The average Bonchev–Trinajstić information content (AvgIpc) is 2.69. The summed E-state index contributed by atoms with van der Waals surface area (Å²) in [5, 5.41) is 7.19. The molecule has 0 spiro atoms. The maximum Gasteiger partial charge on any atom is 0.237 e. The molecule has 0 aliphatic carbocycles. The molecule has 0 saturated heterocycles. The van der Waals surface area contributed by atoms with Crippen molar-refractivity contribution in [2.75, 3.05) is 5.32 Å². The molecule has 4 nitrogen and oxygen atoms in total. The molecular weight excluding hydrogens is 306 g/mol. The fourth-order valence-electron chi connectivity index (χ4n) is 2.76. The molecule has 2 rings (SSSR count). The van der Waals surface area contributed by atoms with Crippen LogP contribution in [-0.4, -0.2) is 20.9 Å². The van der Waals surface area contributed by atoms with Crippen LogP contribution in [0.25, 0.3) is 0 Å². The van der Waals surface area contributed by atoms with Gasteiger partial charge in [-0.15, -0.1) is 11.8 Å². The summed E-state index contributed by atoms with van der Waals surface area (Å²) in [5.74, 6) is 0.00794. The van der Waals surface area contributed by atoms with Crippen LogP contribution < -0.4 is 5.32 Å². The SMILES string of the molecule is Cc1cc(C)c(S[C@H](C)C(=O)Nc2c(C)nn(C)c2C)c(C)c1. The second-order valence-electron chi connectivity index (χ2n) is 6.15. The number of anilines is 1. The molecule has 0 radical (unpaired) electrons. The number of benzene rings is 1. The van der Waals surface area contributed by atoms with Gasteiger partial charge in [0.1, 0.15) is 0 Å². The first-order valence-corrected chi connectivity index (χ1v) is 8.64. The van der Waals surface area contributed by atoms with Crippen LogP contribution in [0.1, 0.15) is 35.0 Å². The highest BCUT2D eigenvalue weighted by Gasteiger charge is 2.20. The first-order chi connectivity index (χ1) is 10.7. The smallest absolute Gasteiger partial charge is 0.237 e. The molecular formula is C18H25N3OS. The van der Waals surface area contributed by atoms with E-state index in [1.807, 2.05) is 27.8 Å². The summed E-state index contributed by atoms with van der Waals surface area (Å²) in [6, 6.07) is 4.32. The molecule has 5 heteroatoms. The Morgan fingerprint density at radius 1 is 1.17 bits per heavy atom. The number of carbonyl (C=O) groups excluding carboxylic acids is 1. The van der Waals surface area contributed by atoms with Crippen LogP contribution in [0.4, 0.5) is 5.69 Å². The van der Waals surface area contributed by atoms with Crippen LogP contribution in [0.5, 0.6) is 0 Å². The summed E-state index contributed by atoms with van der Waals surface area (Å²) in [6.45, 7) is 12.1. The predicted octanol–water partition coefficient (Wildman–Crippen LogP) is 4.08. The molecule has 1 N–H and O–H groups in total. The lowest BCUT2D eigenvalue weighted by Crippen LogP contribution is -2.23. The molecule has 0 bridgehead atoms. The Morgan fingerprint density at radius 3 is 2.22 bits per heavy atom. The van der Waals surface area contributed by atoms with Gasteiger partial charge in [0, 0.05) is 11.9 Å². The van der Waals surface area contributed by atoms with Gasteiger partial charge >= 0.3 is 0 Å². The minimum Gasteiger partial charge on any atom is -0.322 e. The number of hydrogen-bond acceptors (Lipinski definition) is 3. The molecule has 1 amide bonds. The average molecular weight is 331 g/mol. The topological polar surface area (TPSA) is 46.9 Å². The molecule has 2 aromatic rings. The predicted molar refractivity (Wildman–Crippen MR) is 97.3 cm³/mol. The minimum atomic E-state index is -0.172. The first-order valence-electron chi connectivity index (χ1n) is 7.76. The normalized spacial score (nSPS) is 12.3. The summed E-state index contributed by atoms with van der Waals surface area (Å²) in [6.07, 6.45) is 0. The maximum absolute atomic E-state index is 12.6. The Hall–Kier alpha value is -1.75. The van der Waals surface area contributed by atoms with E-state index >= 15 is 0 Å². The van der Waals surface area contributed by atoms with Crippen molar-refractivity contribution in [2.24, 2.45) is 7.05 Å². The molecule has 0 saturated carbocycles. The molecule has 0 fully saturated rings. The van der Waals surface area contributed by atoms with Crippen molar-refractivity contribution in [3.63, 3.8) is 0 Å². The molecule has 1 heterocycles. The van der Waals surface area contributed by atoms with Gasteiger partial charge in [-0.1, -0.05) is 17.7 Å². The van der Waals surface area contributed by atoms with Gasteiger partial charge in [0.15, 0.2) is 0 Å². The number of carbonyl (C=O) groups is 1.